The highest BCUT2D eigenvalue weighted by molar-refractivity contribution is 7.89. The molecule has 0 aliphatic rings. The number of benzene rings is 3. The third-order valence-electron chi connectivity index (χ3n) is 5.54. The van der Waals surface area contributed by atoms with E-state index < -0.39 is 21.1 Å². The Morgan fingerprint density at radius 2 is 1.66 bits per heavy atom. The first-order valence-corrected chi connectivity index (χ1v) is 13.2. The number of terminal acetylenes is 1. The fourth-order valence-corrected chi connectivity index (χ4v) is 5.45. The van der Waals surface area contributed by atoms with Crippen molar-refractivity contribution < 1.29 is 21.9 Å². The fourth-order valence-electron chi connectivity index (χ4n) is 3.74. The summed E-state index contributed by atoms with van der Waals surface area (Å²) >= 11 is 4.81. The third kappa shape index (κ3) is 6.19. The molecule has 38 heavy (non-hydrogen) atoms. The van der Waals surface area contributed by atoms with Crippen molar-refractivity contribution in [3.8, 4) is 29.4 Å². The van der Waals surface area contributed by atoms with E-state index in [1.54, 1.807) is 39.0 Å². The lowest BCUT2D eigenvalue weighted by molar-refractivity contribution is -0.0964. The van der Waals surface area contributed by atoms with Gasteiger partial charge in [-0.25, -0.2) is 8.42 Å². The number of hydrogen-bond acceptors (Lipinski definition) is 6. The van der Waals surface area contributed by atoms with Gasteiger partial charge in [-0.3, -0.25) is 0 Å². The van der Waals surface area contributed by atoms with Crippen molar-refractivity contribution in [1.82, 2.24) is 14.9 Å². The normalized spacial score (nSPS) is 12.2. The Hall–Kier alpha value is -3.78. The number of fused-ring (bicyclic) bond motifs is 1. The first-order valence-electron chi connectivity index (χ1n) is 11.3. The molecule has 0 bridgehead atoms. The van der Waals surface area contributed by atoms with E-state index in [1.807, 2.05) is 24.3 Å². The molecule has 196 valence electrons. The van der Waals surface area contributed by atoms with Crippen molar-refractivity contribution in [3.63, 3.8) is 0 Å². The van der Waals surface area contributed by atoms with Crippen molar-refractivity contribution >= 4 is 43.9 Å². The molecule has 4 rings (SSSR count). The van der Waals surface area contributed by atoms with E-state index in [1.165, 1.54) is 24.3 Å². The highest BCUT2D eigenvalue weighted by atomic mass is 35.5. The fraction of sp³-hybridized carbons (Fsp3) is 0.185. The van der Waals surface area contributed by atoms with Crippen LogP contribution in [0.15, 0.2) is 71.6 Å². The zero-order valence-corrected chi connectivity index (χ0v) is 22.2. The van der Waals surface area contributed by atoms with Gasteiger partial charge < -0.3 is 10.1 Å². The highest BCUT2D eigenvalue weighted by Crippen LogP contribution is 2.33. The summed E-state index contributed by atoms with van der Waals surface area (Å²) in [7, 11) is -3.93. The number of anilines is 2. The number of aryl methyl sites for hydroxylation is 1. The summed E-state index contributed by atoms with van der Waals surface area (Å²) in [5.74, 6) is 2.74. The molecule has 0 saturated carbocycles. The van der Waals surface area contributed by atoms with Crippen LogP contribution >= 0.6 is 11.6 Å². The molecule has 0 aliphatic carbocycles. The van der Waals surface area contributed by atoms with Crippen molar-refractivity contribution in [2.24, 2.45) is 0 Å². The van der Waals surface area contributed by atoms with Gasteiger partial charge in [-0.15, -0.1) is 25.4 Å². The van der Waals surface area contributed by atoms with Gasteiger partial charge in [0.05, 0.1) is 10.4 Å². The summed E-state index contributed by atoms with van der Waals surface area (Å²) in [6, 6.07) is 18.1. The van der Waals surface area contributed by atoms with Crippen LogP contribution in [0.5, 0.6) is 5.75 Å². The Bertz CT molecular complexity index is 1650. The molecular weight excluding hydrogens is 534 g/mol. The minimum absolute atomic E-state index is 0.0799. The summed E-state index contributed by atoms with van der Waals surface area (Å²) in [5.41, 5.74) is -2.76. The zero-order chi connectivity index (χ0) is 27.7. The molecule has 1 aromatic heterocycles. The lowest BCUT2D eigenvalue weighted by Crippen LogP contribution is -2.42. The number of aromatic nitrogens is 2. The molecule has 11 heteroatoms. The van der Waals surface area contributed by atoms with E-state index in [0.29, 0.717) is 33.7 Å². The van der Waals surface area contributed by atoms with Crippen LogP contribution in [0.2, 0.25) is 0 Å². The maximum Gasteiger partial charge on any atom is 0.487 e. The molecule has 0 atom stereocenters. The average Bonchev–Trinajstić information content (AvgIpc) is 2.84. The predicted molar refractivity (Wildman–Crippen MR) is 144 cm³/mol. The molecule has 7 nitrogen and oxygen atoms in total. The highest BCUT2D eigenvalue weighted by Gasteiger charge is 2.28. The van der Waals surface area contributed by atoms with Crippen LogP contribution in [0.3, 0.4) is 0 Å². The number of nitrogens with one attached hydrogen (secondary N) is 2. The van der Waals surface area contributed by atoms with Crippen molar-refractivity contribution in [3.05, 3.63) is 72.3 Å². The van der Waals surface area contributed by atoms with Gasteiger partial charge in [0.2, 0.25) is 10.0 Å². The second kappa shape index (κ2) is 10.2. The van der Waals surface area contributed by atoms with Crippen molar-refractivity contribution in [1.29, 1.82) is 0 Å². The summed E-state index contributed by atoms with van der Waals surface area (Å²) in [6.45, 7) is 4.90. The molecule has 0 unspecified atom stereocenters. The van der Waals surface area contributed by atoms with Gasteiger partial charge in [0, 0.05) is 33.6 Å². The van der Waals surface area contributed by atoms with Gasteiger partial charge in [-0.05, 0) is 56.7 Å². The number of alkyl halides is 3. The minimum Gasteiger partial charge on any atom is -0.420 e. The van der Waals surface area contributed by atoms with Gasteiger partial charge in [-0.1, -0.05) is 42.3 Å². The second-order valence-electron chi connectivity index (χ2n) is 9.00. The SMILES string of the molecule is C#CC(C)(C)NS(=O)(=O)c1cc(-c2nnc(Nc3ccc(OC(F)(F)Cl)cc3)c3ccccc23)ccc1C. The number of nitrogens with zero attached hydrogens (tertiary/aromatic N) is 2. The van der Waals surface area contributed by atoms with Crippen molar-refractivity contribution in [2.45, 2.75) is 36.8 Å². The summed E-state index contributed by atoms with van der Waals surface area (Å²) in [6.07, 6.45) is 5.47. The predicted octanol–water partition coefficient (Wildman–Crippen LogP) is 6.21. The van der Waals surface area contributed by atoms with Crippen LogP contribution < -0.4 is 14.8 Å². The molecular formula is C27H23ClF2N4O3S. The minimum atomic E-state index is -3.93. The van der Waals surface area contributed by atoms with Crippen LogP contribution in [-0.4, -0.2) is 29.7 Å². The summed E-state index contributed by atoms with van der Waals surface area (Å²) in [5, 5.41) is 13.3. The molecule has 1 heterocycles. The van der Waals surface area contributed by atoms with Gasteiger partial charge in [0.15, 0.2) is 5.82 Å². The Morgan fingerprint density at radius 3 is 2.29 bits per heavy atom. The Morgan fingerprint density at radius 1 is 1.00 bits per heavy atom. The van der Waals surface area contributed by atoms with Crippen LogP contribution in [0.4, 0.5) is 20.3 Å². The lowest BCUT2D eigenvalue weighted by Gasteiger charge is -2.20. The lowest BCUT2D eigenvalue weighted by atomic mass is 10.0. The Kier molecular flexibility index (Phi) is 7.30. The number of halogens is 3. The molecule has 0 radical (unpaired) electrons. The molecule has 4 aromatic rings. The smallest absolute Gasteiger partial charge is 0.420 e. The molecule has 0 saturated heterocycles. The van der Waals surface area contributed by atoms with Gasteiger partial charge in [-0.2, -0.15) is 4.72 Å². The maximum atomic E-state index is 13.1. The summed E-state index contributed by atoms with van der Waals surface area (Å²) in [4.78, 5) is 0.0799. The van der Waals surface area contributed by atoms with Gasteiger partial charge >= 0.3 is 5.57 Å². The Labute approximate surface area is 224 Å². The largest absolute Gasteiger partial charge is 0.487 e. The Balaban J connectivity index is 1.72. The molecule has 0 spiro atoms. The number of rotatable bonds is 8. The van der Waals surface area contributed by atoms with E-state index in [9.17, 15) is 17.2 Å². The maximum absolute atomic E-state index is 13.1. The van der Waals surface area contributed by atoms with E-state index in [2.05, 4.69) is 30.9 Å². The monoisotopic (exact) mass is 556 g/mol. The molecule has 0 fully saturated rings. The van der Waals surface area contributed by atoms with Gasteiger partial charge in [0.1, 0.15) is 11.4 Å². The molecule has 2 N–H and O–H groups in total. The first-order chi connectivity index (χ1) is 17.8. The number of sulfonamides is 1. The van der Waals surface area contributed by atoms with Crippen LogP contribution in [0.25, 0.3) is 22.0 Å². The quantitative estimate of drug-likeness (QED) is 0.198. The zero-order valence-electron chi connectivity index (χ0n) is 20.6. The van der Waals surface area contributed by atoms with E-state index in [-0.39, 0.29) is 10.6 Å². The second-order valence-corrected chi connectivity index (χ2v) is 11.1. The molecule has 0 amide bonds. The van der Waals surface area contributed by atoms with Crippen LogP contribution in [-0.2, 0) is 10.0 Å². The van der Waals surface area contributed by atoms with Crippen molar-refractivity contribution in [2.75, 3.05) is 5.32 Å². The number of hydrogen-bond donors (Lipinski definition) is 2. The summed E-state index contributed by atoms with van der Waals surface area (Å²) < 4.78 is 58.9. The van der Waals surface area contributed by atoms with Crippen LogP contribution in [0.1, 0.15) is 19.4 Å². The van der Waals surface area contributed by atoms with Crippen LogP contribution in [0, 0.1) is 19.3 Å². The first kappa shape index (κ1) is 27.3. The topological polar surface area (TPSA) is 93.2 Å². The van der Waals surface area contributed by atoms with E-state index in [0.717, 1.165) is 5.39 Å². The third-order valence-corrected chi connectivity index (χ3v) is 7.41. The number of ether oxygens (including phenoxy) is 1. The molecule has 3 aromatic carbocycles. The standard InChI is InChI=1S/C27H23ClF2N4O3S/c1-5-26(3,4)34-38(35,36)23-16-18(11-10-17(23)2)24-21-8-6-7-9-22(21)25(33-32-24)31-19-12-14-20(15-13-19)37-27(28,29)30/h1,6-16,34H,2-4H3,(H,31,33). The average molecular weight is 557 g/mol. The van der Waals surface area contributed by atoms with Gasteiger partial charge in [0.25, 0.3) is 0 Å². The van der Waals surface area contributed by atoms with E-state index in [4.69, 9.17) is 18.0 Å². The van der Waals surface area contributed by atoms with E-state index >= 15 is 0 Å². The molecule has 0 aliphatic heterocycles.